The van der Waals surface area contributed by atoms with Crippen molar-refractivity contribution in [3.63, 3.8) is 0 Å². The summed E-state index contributed by atoms with van der Waals surface area (Å²) in [6.07, 6.45) is 1.43. The lowest BCUT2D eigenvalue weighted by atomic mass is 10.0. The Morgan fingerprint density at radius 2 is 1.65 bits per heavy atom. The fraction of sp³-hybridized carbons (Fsp3) is 0. The molecule has 5 rings (SSSR count). The number of hydrogen-bond donors (Lipinski definition) is 2. The van der Waals surface area contributed by atoms with Crippen molar-refractivity contribution < 1.29 is 14.3 Å². The van der Waals surface area contributed by atoms with Crippen molar-refractivity contribution in [1.29, 1.82) is 0 Å². The van der Waals surface area contributed by atoms with Gasteiger partial charge < -0.3 is 9.72 Å². The van der Waals surface area contributed by atoms with Crippen LogP contribution in [0.4, 0.5) is 0 Å². The Labute approximate surface area is 226 Å². The van der Waals surface area contributed by atoms with Crippen LogP contribution in [0, 0.1) is 0 Å². The van der Waals surface area contributed by atoms with Crippen LogP contribution in [0.3, 0.4) is 0 Å². The van der Waals surface area contributed by atoms with Gasteiger partial charge in [-0.1, -0.05) is 76.1 Å². The molecule has 0 unspecified atom stereocenters. The van der Waals surface area contributed by atoms with Crippen molar-refractivity contribution in [3.05, 3.63) is 123 Å². The molecule has 0 spiro atoms. The van der Waals surface area contributed by atoms with Crippen molar-refractivity contribution in [1.82, 2.24) is 10.4 Å². The second-order valence-electron chi connectivity index (χ2n) is 8.04. The zero-order valence-electron chi connectivity index (χ0n) is 19.2. The van der Waals surface area contributed by atoms with Crippen molar-refractivity contribution in [2.75, 3.05) is 0 Å². The lowest BCUT2D eigenvalue weighted by Gasteiger charge is -2.08. The van der Waals surface area contributed by atoms with E-state index in [1.165, 1.54) is 6.21 Å². The monoisotopic (exact) mass is 571 g/mol. The number of para-hydroxylation sites is 1. The molecule has 2 N–H and O–H groups in total. The minimum atomic E-state index is -0.487. The van der Waals surface area contributed by atoms with E-state index in [1.54, 1.807) is 54.6 Å². The van der Waals surface area contributed by atoms with E-state index in [9.17, 15) is 9.59 Å². The van der Waals surface area contributed by atoms with Crippen molar-refractivity contribution in [3.8, 4) is 16.9 Å². The van der Waals surface area contributed by atoms with Crippen LogP contribution in [-0.2, 0) is 0 Å². The highest BCUT2D eigenvalue weighted by Gasteiger charge is 2.21. The SMILES string of the molecule is O=C(Oc1ccccc1C=NNC(=O)c1[nH]c2ccc(Br)cc2c1-c1ccccc1Cl)c1ccccc1. The zero-order valence-corrected chi connectivity index (χ0v) is 21.6. The summed E-state index contributed by atoms with van der Waals surface area (Å²) in [5.41, 5.74) is 6.03. The average Bonchev–Trinajstić information content (AvgIpc) is 3.29. The Bertz CT molecular complexity index is 1650. The van der Waals surface area contributed by atoms with Gasteiger partial charge in [0.05, 0.1) is 11.8 Å². The van der Waals surface area contributed by atoms with Crippen molar-refractivity contribution in [2.24, 2.45) is 5.10 Å². The van der Waals surface area contributed by atoms with Gasteiger partial charge in [0.25, 0.3) is 5.91 Å². The number of aromatic nitrogens is 1. The van der Waals surface area contributed by atoms with Gasteiger partial charge in [0.15, 0.2) is 0 Å². The summed E-state index contributed by atoms with van der Waals surface area (Å²) in [4.78, 5) is 28.9. The quantitative estimate of drug-likeness (QED) is 0.0974. The van der Waals surface area contributed by atoms with Gasteiger partial charge in [-0.3, -0.25) is 4.79 Å². The lowest BCUT2D eigenvalue weighted by Crippen LogP contribution is -2.19. The second kappa shape index (κ2) is 10.8. The number of ether oxygens (including phenoxy) is 1. The summed E-state index contributed by atoms with van der Waals surface area (Å²) in [6.45, 7) is 0. The number of carbonyl (C=O) groups is 2. The molecule has 8 heteroatoms. The highest BCUT2D eigenvalue weighted by atomic mass is 79.9. The van der Waals surface area contributed by atoms with Crippen LogP contribution in [0.15, 0.2) is 107 Å². The van der Waals surface area contributed by atoms with Crippen LogP contribution in [0.5, 0.6) is 5.75 Å². The minimum Gasteiger partial charge on any atom is -0.422 e. The Morgan fingerprint density at radius 1 is 0.919 bits per heavy atom. The fourth-order valence-electron chi connectivity index (χ4n) is 3.91. The van der Waals surface area contributed by atoms with Crippen LogP contribution >= 0.6 is 27.5 Å². The van der Waals surface area contributed by atoms with Gasteiger partial charge in [-0.2, -0.15) is 5.10 Å². The van der Waals surface area contributed by atoms with Crippen LogP contribution < -0.4 is 10.2 Å². The number of nitrogens with zero attached hydrogens (tertiary/aromatic N) is 1. The Hall–Kier alpha value is -4.20. The van der Waals surface area contributed by atoms with E-state index in [1.807, 2.05) is 42.5 Å². The molecule has 0 radical (unpaired) electrons. The third-order valence-electron chi connectivity index (χ3n) is 5.63. The molecule has 0 fully saturated rings. The lowest BCUT2D eigenvalue weighted by molar-refractivity contribution is 0.0734. The average molecular weight is 573 g/mol. The molecule has 0 bridgehead atoms. The Morgan fingerprint density at radius 3 is 2.46 bits per heavy atom. The number of fused-ring (bicyclic) bond motifs is 1. The van der Waals surface area contributed by atoms with E-state index in [2.05, 4.69) is 31.4 Å². The molecule has 1 amide bonds. The predicted molar refractivity (Wildman–Crippen MR) is 149 cm³/mol. The number of carbonyl (C=O) groups excluding carboxylic acids is 2. The molecule has 6 nitrogen and oxygen atoms in total. The normalized spacial score (nSPS) is 11.1. The minimum absolute atomic E-state index is 0.321. The topological polar surface area (TPSA) is 83.5 Å². The smallest absolute Gasteiger partial charge is 0.343 e. The molecule has 1 aromatic heterocycles. The number of halogens is 2. The van der Waals surface area contributed by atoms with Gasteiger partial charge in [-0.05, 0) is 48.5 Å². The van der Waals surface area contributed by atoms with Crippen LogP contribution in [0.2, 0.25) is 5.02 Å². The first-order valence-corrected chi connectivity index (χ1v) is 12.4. The molecule has 4 aromatic carbocycles. The first-order chi connectivity index (χ1) is 18.0. The van der Waals surface area contributed by atoms with Gasteiger partial charge in [0.2, 0.25) is 0 Å². The molecule has 37 heavy (non-hydrogen) atoms. The molecular formula is C29H19BrClN3O3. The molecule has 1 heterocycles. The first-order valence-electron chi connectivity index (χ1n) is 11.3. The largest absolute Gasteiger partial charge is 0.422 e. The van der Waals surface area contributed by atoms with Crippen LogP contribution in [0.25, 0.3) is 22.0 Å². The van der Waals surface area contributed by atoms with E-state index in [4.69, 9.17) is 16.3 Å². The van der Waals surface area contributed by atoms with E-state index < -0.39 is 11.9 Å². The number of nitrogens with one attached hydrogen (secondary N) is 2. The van der Waals surface area contributed by atoms with Gasteiger partial charge in [0.1, 0.15) is 11.4 Å². The summed E-state index contributed by atoms with van der Waals surface area (Å²) in [7, 11) is 0. The molecule has 182 valence electrons. The second-order valence-corrected chi connectivity index (χ2v) is 9.36. The summed E-state index contributed by atoms with van der Waals surface area (Å²) >= 11 is 10.00. The van der Waals surface area contributed by atoms with E-state index in [0.29, 0.717) is 33.2 Å². The predicted octanol–water partition coefficient (Wildman–Crippen LogP) is 7.23. The summed E-state index contributed by atoms with van der Waals surface area (Å²) in [6, 6.07) is 28.7. The van der Waals surface area contributed by atoms with Crippen molar-refractivity contribution in [2.45, 2.75) is 0 Å². The molecule has 0 saturated heterocycles. The molecule has 0 aliphatic rings. The third kappa shape index (κ3) is 5.33. The van der Waals surface area contributed by atoms with Gasteiger partial charge in [-0.25, -0.2) is 10.2 Å². The molecule has 5 aromatic rings. The maximum absolute atomic E-state index is 13.2. The number of hydrogen-bond acceptors (Lipinski definition) is 4. The number of aromatic amines is 1. The first kappa shape index (κ1) is 24.5. The summed E-state index contributed by atoms with van der Waals surface area (Å²) < 4.78 is 6.42. The van der Waals surface area contributed by atoms with Crippen LogP contribution in [0.1, 0.15) is 26.4 Å². The number of rotatable bonds is 6. The maximum Gasteiger partial charge on any atom is 0.343 e. The third-order valence-corrected chi connectivity index (χ3v) is 6.45. The fourth-order valence-corrected chi connectivity index (χ4v) is 4.50. The Balaban J connectivity index is 1.42. The van der Waals surface area contributed by atoms with Gasteiger partial charge in [0, 0.05) is 37.1 Å². The maximum atomic E-state index is 13.2. The highest BCUT2D eigenvalue weighted by Crippen LogP contribution is 2.37. The van der Waals surface area contributed by atoms with Crippen LogP contribution in [-0.4, -0.2) is 23.1 Å². The highest BCUT2D eigenvalue weighted by molar-refractivity contribution is 9.10. The number of esters is 1. The Kier molecular flexibility index (Phi) is 7.16. The number of H-pyrrole nitrogens is 1. The molecule has 0 aliphatic heterocycles. The number of amides is 1. The standard InChI is InChI=1S/C29H19BrClN3O3/c30-20-14-15-24-22(16-20)26(21-11-5-6-12-23(21)31)27(33-24)28(35)34-32-17-19-10-4-7-13-25(19)37-29(36)18-8-2-1-3-9-18/h1-17,33H,(H,34,35). The molecular weight excluding hydrogens is 554 g/mol. The van der Waals surface area contributed by atoms with E-state index in [0.717, 1.165) is 20.9 Å². The summed E-state index contributed by atoms with van der Waals surface area (Å²) in [5, 5.41) is 5.49. The zero-order chi connectivity index (χ0) is 25.8. The molecule has 0 aliphatic carbocycles. The molecule has 0 saturated carbocycles. The van der Waals surface area contributed by atoms with E-state index >= 15 is 0 Å². The number of benzene rings is 4. The molecule has 0 atom stereocenters. The van der Waals surface area contributed by atoms with Gasteiger partial charge in [-0.15, -0.1) is 0 Å². The van der Waals surface area contributed by atoms with E-state index in [-0.39, 0.29) is 0 Å². The van der Waals surface area contributed by atoms with Crippen molar-refractivity contribution >= 4 is 56.5 Å². The summed E-state index contributed by atoms with van der Waals surface area (Å²) in [5.74, 6) is -0.613. The number of hydrazone groups is 1. The van der Waals surface area contributed by atoms with Gasteiger partial charge >= 0.3 is 5.97 Å².